The van der Waals surface area contributed by atoms with Crippen molar-refractivity contribution in [3.63, 3.8) is 0 Å². The molecule has 1 heterocycles. The second-order valence-electron chi connectivity index (χ2n) is 2.49. The molecule has 0 atom stereocenters. The maximum absolute atomic E-state index is 11.8. The van der Waals surface area contributed by atoms with E-state index < -0.39 is 13.0 Å². The van der Waals surface area contributed by atoms with E-state index in [9.17, 15) is 8.78 Å². The highest BCUT2D eigenvalue weighted by atomic mass is 19.3. The van der Waals surface area contributed by atoms with E-state index in [1.165, 1.54) is 6.07 Å². The number of nitrogens with zero attached hydrogens (tertiary/aromatic N) is 2. The Labute approximate surface area is 79.3 Å². The van der Waals surface area contributed by atoms with E-state index >= 15 is 0 Å². The third kappa shape index (κ3) is 3.09. The van der Waals surface area contributed by atoms with Gasteiger partial charge in [0.1, 0.15) is 11.6 Å². The smallest absolute Gasteiger partial charge is 0.272 e. The number of ether oxygens (including phenoxy) is 1. The van der Waals surface area contributed by atoms with Gasteiger partial charge in [-0.3, -0.25) is 0 Å². The van der Waals surface area contributed by atoms with Crippen LogP contribution in [0.2, 0.25) is 0 Å². The lowest BCUT2D eigenvalue weighted by molar-refractivity contribution is 0.0794. The van der Waals surface area contributed by atoms with Crippen molar-refractivity contribution >= 4 is 5.82 Å². The van der Waals surface area contributed by atoms with E-state index in [0.717, 1.165) is 0 Å². The number of alkyl halides is 2. The van der Waals surface area contributed by atoms with Crippen LogP contribution in [0.5, 0.6) is 5.88 Å². The first-order valence-corrected chi connectivity index (χ1v) is 3.85. The van der Waals surface area contributed by atoms with Crippen molar-refractivity contribution in [1.29, 1.82) is 0 Å². The van der Waals surface area contributed by atoms with Crippen molar-refractivity contribution in [3.8, 4) is 5.88 Å². The lowest BCUT2D eigenvalue weighted by atomic mass is 10.5. The maximum atomic E-state index is 11.8. The van der Waals surface area contributed by atoms with E-state index in [1.807, 2.05) is 0 Å². The van der Waals surface area contributed by atoms with Crippen LogP contribution in [0.4, 0.5) is 14.6 Å². The van der Waals surface area contributed by atoms with Crippen LogP contribution in [-0.2, 0) is 0 Å². The number of anilines is 1. The molecule has 0 aliphatic rings. The van der Waals surface area contributed by atoms with Gasteiger partial charge in [-0.05, 0) is 6.92 Å². The van der Waals surface area contributed by atoms with Gasteiger partial charge in [-0.15, -0.1) is 0 Å². The first kappa shape index (κ1) is 10.6. The molecule has 0 amide bonds. The topological polar surface area (TPSA) is 73.1 Å². The summed E-state index contributed by atoms with van der Waals surface area (Å²) in [6.07, 6.45) is -2.53. The Hall–Kier alpha value is -1.50. The zero-order valence-electron chi connectivity index (χ0n) is 7.50. The molecule has 7 heteroatoms. The highest BCUT2D eigenvalue weighted by Crippen LogP contribution is 2.12. The summed E-state index contributed by atoms with van der Waals surface area (Å²) in [6.45, 7) is 0.913. The zero-order chi connectivity index (χ0) is 10.6. The van der Waals surface area contributed by atoms with Crippen molar-refractivity contribution in [2.75, 3.05) is 12.0 Å². The standard InChI is InChI=1S/C7H10F2N4O/c1-4-11-6(13-10)2-7(12-4)14-3-5(8)9/h2,5H,3,10H2,1H3,(H,11,12,13). The van der Waals surface area contributed by atoms with E-state index in [4.69, 9.17) is 10.6 Å². The Morgan fingerprint density at radius 1 is 1.57 bits per heavy atom. The molecule has 0 spiro atoms. The largest absolute Gasteiger partial charge is 0.471 e. The van der Waals surface area contributed by atoms with Crippen LogP contribution >= 0.6 is 0 Å². The minimum Gasteiger partial charge on any atom is -0.471 e. The van der Waals surface area contributed by atoms with Gasteiger partial charge >= 0.3 is 0 Å². The van der Waals surface area contributed by atoms with E-state index in [0.29, 0.717) is 11.6 Å². The molecule has 1 aromatic rings. The molecule has 1 aromatic heterocycles. The van der Waals surface area contributed by atoms with Crippen LogP contribution < -0.4 is 16.0 Å². The molecule has 5 nitrogen and oxygen atoms in total. The van der Waals surface area contributed by atoms with Crippen LogP contribution in [0, 0.1) is 6.92 Å². The minimum absolute atomic E-state index is 0.0748. The van der Waals surface area contributed by atoms with Gasteiger partial charge in [-0.1, -0.05) is 0 Å². The quantitative estimate of drug-likeness (QED) is 0.558. The van der Waals surface area contributed by atoms with E-state index in [2.05, 4.69) is 15.4 Å². The van der Waals surface area contributed by atoms with Gasteiger partial charge in [0.05, 0.1) is 0 Å². The van der Waals surface area contributed by atoms with Crippen LogP contribution in [0.3, 0.4) is 0 Å². The summed E-state index contributed by atoms with van der Waals surface area (Å²) in [5.74, 6) is 5.89. The predicted molar refractivity (Wildman–Crippen MR) is 46.1 cm³/mol. The van der Waals surface area contributed by atoms with Crippen LogP contribution in [0.15, 0.2) is 6.07 Å². The Morgan fingerprint density at radius 2 is 2.29 bits per heavy atom. The number of nitrogens with two attached hydrogens (primary N) is 1. The summed E-state index contributed by atoms with van der Waals surface area (Å²) in [5, 5.41) is 0. The minimum atomic E-state index is -2.53. The summed E-state index contributed by atoms with van der Waals surface area (Å²) in [5.41, 5.74) is 2.28. The number of hydrogen-bond acceptors (Lipinski definition) is 5. The third-order valence-electron chi connectivity index (χ3n) is 1.32. The number of nitrogen functional groups attached to an aromatic ring is 1. The fourth-order valence-corrected chi connectivity index (χ4v) is 0.837. The van der Waals surface area contributed by atoms with Crippen molar-refractivity contribution < 1.29 is 13.5 Å². The summed E-state index contributed by atoms with van der Waals surface area (Å²) >= 11 is 0. The van der Waals surface area contributed by atoms with Gasteiger partial charge in [0.25, 0.3) is 6.43 Å². The monoisotopic (exact) mass is 204 g/mol. The van der Waals surface area contributed by atoms with Crippen LogP contribution in [-0.4, -0.2) is 23.0 Å². The lowest BCUT2D eigenvalue weighted by Crippen LogP contribution is -2.12. The Bertz CT molecular complexity index is 308. The molecule has 0 saturated heterocycles. The summed E-state index contributed by atoms with van der Waals surface area (Å²) in [7, 11) is 0. The van der Waals surface area contributed by atoms with Gasteiger partial charge in [0.2, 0.25) is 5.88 Å². The summed E-state index contributed by atoms with van der Waals surface area (Å²) in [4.78, 5) is 7.66. The average Bonchev–Trinajstić information content (AvgIpc) is 2.14. The number of rotatable bonds is 4. The summed E-state index contributed by atoms with van der Waals surface area (Å²) in [6, 6.07) is 1.34. The number of halogens is 2. The number of aromatic nitrogens is 2. The SMILES string of the molecule is Cc1nc(NN)cc(OCC(F)F)n1. The number of hydrogen-bond donors (Lipinski definition) is 2. The molecule has 0 unspecified atom stereocenters. The molecular weight excluding hydrogens is 194 g/mol. The molecule has 0 fully saturated rings. The number of hydrazine groups is 1. The van der Waals surface area contributed by atoms with Crippen molar-refractivity contribution in [2.45, 2.75) is 13.3 Å². The molecule has 0 aromatic carbocycles. The molecule has 78 valence electrons. The molecule has 1 rings (SSSR count). The van der Waals surface area contributed by atoms with Crippen molar-refractivity contribution in [3.05, 3.63) is 11.9 Å². The van der Waals surface area contributed by atoms with Gasteiger partial charge < -0.3 is 10.2 Å². The first-order chi connectivity index (χ1) is 6.61. The molecule has 0 bridgehead atoms. The molecule has 3 N–H and O–H groups in total. The van der Waals surface area contributed by atoms with Gasteiger partial charge in [0.15, 0.2) is 6.61 Å². The van der Waals surface area contributed by atoms with Gasteiger partial charge in [0, 0.05) is 6.07 Å². The highest BCUT2D eigenvalue weighted by Gasteiger charge is 2.06. The summed E-state index contributed by atoms with van der Waals surface area (Å²) < 4.78 is 28.3. The normalized spacial score (nSPS) is 10.4. The highest BCUT2D eigenvalue weighted by molar-refractivity contribution is 5.36. The van der Waals surface area contributed by atoms with E-state index in [1.54, 1.807) is 6.92 Å². The zero-order valence-corrected chi connectivity index (χ0v) is 7.50. The second-order valence-corrected chi connectivity index (χ2v) is 2.49. The Balaban J connectivity index is 2.71. The van der Waals surface area contributed by atoms with E-state index in [-0.39, 0.29) is 5.88 Å². The third-order valence-corrected chi connectivity index (χ3v) is 1.32. The Kier molecular flexibility index (Phi) is 3.52. The lowest BCUT2D eigenvalue weighted by Gasteiger charge is -2.06. The van der Waals surface area contributed by atoms with Gasteiger partial charge in [-0.2, -0.15) is 4.98 Å². The van der Waals surface area contributed by atoms with Crippen LogP contribution in [0.25, 0.3) is 0 Å². The fourth-order valence-electron chi connectivity index (χ4n) is 0.837. The molecule has 0 aliphatic heterocycles. The number of nitrogens with one attached hydrogen (secondary N) is 1. The second kappa shape index (κ2) is 4.66. The van der Waals surface area contributed by atoms with Crippen LogP contribution in [0.1, 0.15) is 5.82 Å². The molecular formula is C7H10F2N4O. The molecule has 14 heavy (non-hydrogen) atoms. The first-order valence-electron chi connectivity index (χ1n) is 3.85. The fraction of sp³-hybridized carbons (Fsp3) is 0.429. The molecule has 0 aliphatic carbocycles. The predicted octanol–water partition coefficient (Wildman–Crippen LogP) is 0.715. The van der Waals surface area contributed by atoms with Crippen molar-refractivity contribution in [1.82, 2.24) is 9.97 Å². The molecule has 0 radical (unpaired) electrons. The number of aryl methyl sites for hydroxylation is 1. The Morgan fingerprint density at radius 3 is 2.86 bits per heavy atom. The molecule has 0 saturated carbocycles. The van der Waals surface area contributed by atoms with Crippen molar-refractivity contribution in [2.24, 2.45) is 5.84 Å². The maximum Gasteiger partial charge on any atom is 0.272 e. The van der Waals surface area contributed by atoms with Gasteiger partial charge in [-0.25, -0.2) is 19.6 Å². The average molecular weight is 204 g/mol.